The predicted octanol–water partition coefficient (Wildman–Crippen LogP) is 3.76. The molecule has 0 aliphatic carbocycles. The molecule has 1 fully saturated rings. The van der Waals surface area contributed by atoms with Gasteiger partial charge in [0.05, 0.1) is 0 Å². The van der Waals surface area contributed by atoms with E-state index in [9.17, 15) is 0 Å². The molecule has 0 bridgehead atoms. The van der Waals surface area contributed by atoms with Gasteiger partial charge in [-0.2, -0.15) is 11.8 Å². The molecule has 5 heteroatoms. The zero-order valence-electron chi connectivity index (χ0n) is 7.56. The van der Waals surface area contributed by atoms with E-state index in [0.29, 0.717) is 6.04 Å². The third-order valence-electron chi connectivity index (χ3n) is 2.19. The quantitative estimate of drug-likeness (QED) is 0.912. The summed E-state index contributed by atoms with van der Waals surface area (Å²) < 4.78 is 1.87. The van der Waals surface area contributed by atoms with Crippen molar-refractivity contribution in [3.05, 3.63) is 19.8 Å². The van der Waals surface area contributed by atoms with Crippen molar-refractivity contribution in [3.63, 3.8) is 0 Å². The van der Waals surface area contributed by atoms with Crippen molar-refractivity contribution in [3.8, 4) is 0 Å². The van der Waals surface area contributed by atoms with Crippen LogP contribution in [0.5, 0.6) is 0 Å². The Morgan fingerprint density at radius 2 is 2.50 bits per heavy atom. The lowest BCUT2D eigenvalue weighted by molar-refractivity contribution is 0.561. The van der Waals surface area contributed by atoms with Gasteiger partial charge in [0.1, 0.15) is 4.34 Å². The van der Waals surface area contributed by atoms with Gasteiger partial charge in [0, 0.05) is 27.7 Å². The van der Waals surface area contributed by atoms with Gasteiger partial charge >= 0.3 is 0 Å². The van der Waals surface area contributed by atoms with Gasteiger partial charge in [0.2, 0.25) is 0 Å². The lowest BCUT2D eigenvalue weighted by atomic mass is 10.2. The van der Waals surface area contributed by atoms with E-state index in [1.54, 1.807) is 11.3 Å². The predicted molar refractivity (Wildman–Crippen MR) is 69.6 cm³/mol. The molecule has 1 aliphatic rings. The molecule has 1 aliphatic heterocycles. The number of nitrogens with one attached hydrogen (secondary N) is 1. The van der Waals surface area contributed by atoms with E-state index in [2.05, 4.69) is 27.3 Å². The number of halogens is 2. The van der Waals surface area contributed by atoms with E-state index in [1.165, 1.54) is 22.8 Å². The Morgan fingerprint density at radius 1 is 1.64 bits per heavy atom. The molecule has 78 valence electrons. The van der Waals surface area contributed by atoms with E-state index >= 15 is 0 Å². The fourth-order valence-electron chi connectivity index (χ4n) is 1.42. The van der Waals surface area contributed by atoms with Crippen molar-refractivity contribution in [2.45, 2.75) is 19.0 Å². The second-order valence-electron chi connectivity index (χ2n) is 3.28. The summed E-state index contributed by atoms with van der Waals surface area (Å²) in [6.07, 6.45) is 1.30. The smallest absolute Gasteiger partial charge is 0.107 e. The van der Waals surface area contributed by atoms with Crippen LogP contribution in [0.1, 0.15) is 11.3 Å². The van der Waals surface area contributed by atoms with Gasteiger partial charge in [0.25, 0.3) is 0 Å². The minimum Gasteiger partial charge on any atom is -0.308 e. The van der Waals surface area contributed by atoms with E-state index in [4.69, 9.17) is 11.6 Å². The normalized spacial score (nSPS) is 21.7. The zero-order chi connectivity index (χ0) is 9.97. The van der Waals surface area contributed by atoms with Crippen LogP contribution in [0, 0.1) is 0 Å². The number of hydrogen-bond acceptors (Lipinski definition) is 3. The lowest BCUT2D eigenvalue weighted by Gasteiger charge is -2.08. The van der Waals surface area contributed by atoms with E-state index < -0.39 is 0 Å². The molecule has 0 spiro atoms. The van der Waals surface area contributed by atoms with Gasteiger partial charge in [0.15, 0.2) is 0 Å². The molecule has 1 aromatic rings. The van der Waals surface area contributed by atoms with E-state index in [0.717, 1.165) is 15.4 Å². The molecule has 1 unspecified atom stereocenters. The van der Waals surface area contributed by atoms with Gasteiger partial charge in [-0.05, 0) is 34.2 Å². The third-order valence-corrected chi connectivity index (χ3v) is 5.83. The Labute approximate surface area is 106 Å². The van der Waals surface area contributed by atoms with Gasteiger partial charge in [-0.3, -0.25) is 0 Å². The molecular weight excluding hydrogens is 302 g/mol. The summed E-state index contributed by atoms with van der Waals surface area (Å²) in [4.78, 5) is 1.30. The Balaban J connectivity index is 1.85. The zero-order valence-corrected chi connectivity index (χ0v) is 11.5. The largest absolute Gasteiger partial charge is 0.308 e. The van der Waals surface area contributed by atoms with Gasteiger partial charge in [-0.25, -0.2) is 0 Å². The minimum absolute atomic E-state index is 0.694. The highest BCUT2D eigenvalue weighted by atomic mass is 79.9. The van der Waals surface area contributed by atoms with E-state index in [-0.39, 0.29) is 0 Å². The highest BCUT2D eigenvalue weighted by Crippen LogP contribution is 2.32. The fourth-order valence-corrected chi connectivity index (χ4v) is 4.35. The fraction of sp³-hybridized carbons (Fsp3) is 0.556. The highest BCUT2D eigenvalue weighted by Gasteiger charge is 2.15. The third kappa shape index (κ3) is 2.89. The van der Waals surface area contributed by atoms with Gasteiger partial charge in [-0.15, -0.1) is 11.3 Å². The van der Waals surface area contributed by atoms with Crippen molar-refractivity contribution in [1.82, 2.24) is 5.32 Å². The van der Waals surface area contributed by atoms with Crippen LogP contribution in [0.25, 0.3) is 0 Å². The SMILES string of the molecule is Clc1sc(CNC2CCSC2)cc1Br. The van der Waals surface area contributed by atoms with Crippen LogP contribution in [0.2, 0.25) is 4.34 Å². The molecule has 1 atom stereocenters. The average molecular weight is 313 g/mol. The summed E-state index contributed by atoms with van der Waals surface area (Å²) in [6.45, 7) is 0.946. The first-order valence-corrected chi connectivity index (χ1v) is 7.65. The molecule has 0 saturated carbocycles. The van der Waals surface area contributed by atoms with Crippen LogP contribution in [0.15, 0.2) is 10.5 Å². The molecule has 2 rings (SSSR count). The van der Waals surface area contributed by atoms with E-state index in [1.807, 2.05) is 11.8 Å². The number of hydrogen-bond donors (Lipinski definition) is 1. The lowest BCUT2D eigenvalue weighted by Crippen LogP contribution is -2.27. The first kappa shape index (κ1) is 11.3. The maximum Gasteiger partial charge on any atom is 0.107 e. The molecule has 0 radical (unpaired) electrons. The summed E-state index contributed by atoms with van der Waals surface area (Å²) in [7, 11) is 0. The molecule has 1 aromatic heterocycles. The Morgan fingerprint density at radius 3 is 3.07 bits per heavy atom. The van der Waals surface area contributed by atoms with Gasteiger partial charge in [-0.1, -0.05) is 11.6 Å². The topological polar surface area (TPSA) is 12.0 Å². The van der Waals surface area contributed by atoms with Crippen LogP contribution in [0.3, 0.4) is 0 Å². The first-order valence-electron chi connectivity index (χ1n) is 4.50. The summed E-state index contributed by atoms with van der Waals surface area (Å²) >= 11 is 13.1. The molecule has 1 saturated heterocycles. The summed E-state index contributed by atoms with van der Waals surface area (Å²) in [5.74, 6) is 2.55. The van der Waals surface area contributed by atoms with Crippen molar-refractivity contribution in [2.24, 2.45) is 0 Å². The Kier molecular flexibility index (Phi) is 4.20. The summed E-state index contributed by atoms with van der Waals surface area (Å²) in [5, 5.41) is 3.55. The number of rotatable bonds is 3. The molecule has 0 amide bonds. The Hall–Kier alpha value is 0.780. The van der Waals surface area contributed by atoms with Crippen molar-refractivity contribution in [2.75, 3.05) is 11.5 Å². The molecule has 2 heterocycles. The van der Waals surface area contributed by atoms with Crippen molar-refractivity contribution >= 4 is 50.6 Å². The van der Waals surface area contributed by atoms with Crippen molar-refractivity contribution < 1.29 is 0 Å². The molecular formula is C9H11BrClNS2. The molecule has 14 heavy (non-hydrogen) atoms. The van der Waals surface area contributed by atoms with Crippen LogP contribution in [-0.4, -0.2) is 17.5 Å². The Bertz CT molecular complexity index is 290. The van der Waals surface area contributed by atoms with Crippen molar-refractivity contribution in [1.29, 1.82) is 0 Å². The monoisotopic (exact) mass is 311 g/mol. The maximum atomic E-state index is 5.96. The summed E-state index contributed by atoms with van der Waals surface area (Å²) in [5.41, 5.74) is 0. The molecule has 1 nitrogen and oxygen atoms in total. The maximum absolute atomic E-state index is 5.96. The number of thioether (sulfide) groups is 1. The average Bonchev–Trinajstić information content (AvgIpc) is 2.74. The second kappa shape index (κ2) is 5.21. The van der Waals surface area contributed by atoms with Crippen LogP contribution in [0.4, 0.5) is 0 Å². The second-order valence-corrected chi connectivity index (χ2v) is 7.02. The molecule has 1 N–H and O–H groups in total. The van der Waals surface area contributed by atoms with Crippen LogP contribution in [-0.2, 0) is 6.54 Å². The highest BCUT2D eigenvalue weighted by molar-refractivity contribution is 9.10. The minimum atomic E-state index is 0.694. The number of thiophene rings is 1. The van der Waals surface area contributed by atoms with Gasteiger partial charge < -0.3 is 5.32 Å². The van der Waals surface area contributed by atoms with Crippen LogP contribution >= 0.6 is 50.6 Å². The first-order chi connectivity index (χ1) is 6.75. The van der Waals surface area contributed by atoms with Crippen LogP contribution < -0.4 is 5.32 Å². The molecule has 0 aromatic carbocycles. The summed E-state index contributed by atoms with van der Waals surface area (Å²) in [6, 6.07) is 2.79. The standard InChI is InChI=1S/C9H11BrClNS2/c10-8-3-7(14-9(8)11)4-12-6-1-2-13-5-6/h3,6,12H,1-2,4-5H2.